The smallest absolute Gasteiger partial charge is 0.125 e. The summed E-state index contributed by atoms with van der Waals surface area (Å²) in [6.45, 7) is 8.56. The van der Waals surface area contributed by atoms with E-state index in [1.165, 1.54) is 22.3 Å². The fraction of sp³-hybridized carbons (Fsp3) is 0.636. The van der Waals surface area contributed by atoms with Crippen molar-refractivity contribution in [3.63, 3.8) is 0 Å². The molecule has 0 saturated carbocycles. The Bertz CT molecular complexity index is 575. The van der Waals surface area contributed by atoms with Crippen LogP contribution in [0.3, 0.4) is 0 Å². The summed E-state index contributed by atoms with van der Waals surface area (Å²) in [6, 6.07) is 0. The highest BCUT2D eigenvalue weighted by molar-refractivity contribution is 5.38. The maximum absolute atomic E-state index is 6.80. The van der Waals surface area contributed by atoms with Crippen LogP contribution in [0.5, 0.6) is 0 Å². The van der Waals surface area contributed by atoms with E-state index in [1.54, 1.807) is 0 Å². The molecule has 0 bridgehead atoms. The van der Waals surface area contributed by atoms with Crippen LogP contribution in [-0.4, -0.2) is 36.6 Å². The van der Waals surface area contributed by atoms with Crippen molar-refractivity contribution in [2.75, 3.05) is 0 Å². The predicted molar refractivity (Wildman–Crippen MR) is 102 cm³/mol. The van der Waals surface area contributed by atoms with E-state index in [9.17, 15) is 0 Å². The van der Waals surface area contributed by atoms with Crippen molar-refractivity contribution in [2.45, 2.75) is 90.0 Å². The van der Waals surface area contributed by atoms with Crippen LogP contribution in [0.1, 0.15) is 53.4 Å². The van der Waals surface area contributed by atoms with Gasteiger partial charge >= 0.3 is 0 Å². The van der Waals surface area contributed by atoms with Gasteiger partial charge < -0.3 is 23.7 Å². The average molecular weight is 374 g/mol. The van der Waals surface area contributed by atoms with Gasteiger partial charge in [0, 0.05) is 22.3 Å². The lowest BCUT2D eigenvalue weighted by molar-refractivity contribution is -0.0397. The van der Waals surface area contributed by atoms with Gasteiger partial charge in [-0.05, 0) is 25.7 Å². The Labute approximate surface area is 161 Å². The molecule has 4 aliphatic rings. The molecule has 4 heterocycles. The molecule has 0 aliphatic carbocycles. The summed E-state index contributed by atoms with van der Waals surface area (Å²) < 4.78 is 29.4. The molecule has 0 N–H and O–H groups in total. The molecule has 0 amide bonds. The zero-order chi connectivity index (χ0) is 19.0. The first kappa shape index (κ1) is 18.5. The van der Waals surface area contributed by atoms with E-state index in [2.05, 4.69) is 27.7 Å². The van der Waals surface area contributed by atoms with E-state index in [-0.39, 0.29) is 36.6 Å². The number of rotatable bonds is 10. The molecule has 4 unspecified atom stereocenters. The Hall–Kier alpha value is -1.88. The number of hydrogen-bond acceptors (Lipinski definition) is 5. The Kier molecular flexibility index (Phi) is 5.22. The van der Waals surface area contributed by atoms with Gasteiger partial charge in [0.15, 0.2) is 0 Å². The fourth-order valence-corrected chi connectivity index (χ4v) is 4.06. The molecule has 0 spiro atoms. The molecule has 0 saturated heterocycles. The molecule has 0 radical (unpaired) electrons. The first-order valence-corrected chi connectivity index (χ1v) is 10.3. The van der Waals surface area contributed by atoms with Gasteiger partial charge in [-0.1, -0.05) is 27.7 Å². The van der Waals surface area contributed by atoms with Crippen molar-refractivity contribution in [3.05, 3.63) is 47.3 Å². The lowest BCUT2D eigenvalue weighted by Crippen LogP contribution is -2.46. The topological polar surface area (TPSA) is 46.2 Å². The van der Waals surface area contributed by atoms with Gasteiger partial charge in [-0.25, -0.2) is 0 Å². The molecule has 0 aromatic rings. The third-order valence-electron chi connectivity index (χ3n) is 5.93. The Balaban J connectivity index is 1.61. The highest BCUT2D eigenvalue weighted by Gasteiger charge is 2.45. The Morgan fingerprint density at radius 1 is 0.593 bits per heavy atom. The van der Waals surface area contributed by atoms with Crippen molar-refractivity contribution >= 4 is 0 Å². The molecule has 0 aromatic heterocycles. The molecule has 5 heteroatoms. The van der Waals surface area contributed by atoms with E-state index in [4.69, 9.17) is 23.7 Å². The summed E-state index contributed by atoms with van der Waals surface area (Å²) in [5.41, 5.74) is 4.83. The summed E-state index contributed by atoms with van der Waals surface area (Å²) in [5, 5.41) is 0. The minimum Gasteiger partial charge on any atom is -0.493 e. The number of ether oxygens (including phenoxy) is 5. The highest BCUT2D eigenvalue weighted by Crippen LogP contribution is 2.42. The van der Waals surface area contributed by atoms with E-state index in [0.717, 1.165) is 25.7 Å². The van der Waals surface area contributed by atoms with Gasteiger partial charge in [0.2, 0.25) is 0 Å². The minimum atomic E-state index is -0.120. The molecule has 4 atom stereocenters. The van der Waals surface area contributed by atoms with Crippen molar-refractivity contribution in [3.8, 4) is 0 Å². The van der Waals surface area contributed by atoms with Crippen LogP contribution < -0.4 is 0 Å². The zero-order valence-electron chi connectivity index (χ0n) is 16.6. The third kappa shape index (κ3) is 3.06. The molecule has 5 nitrogen and oxygen atoms in total. The van der Waals surface area contributed by atoms with Crippen molar-refractivity contribution in [2.24, 2.45) is 0 Å². The van der Waals surface area contributed by atoms with Crippen LogP contribution in [0.2, 0.25) is 0 Å². The second-order valence-corrected chi connectivity index (χ2v) is 7.50. The first-order chi connectivity index (χ1) is 13.2. The summed E-state index contributed by atoms with van der Waals surface area (Å²) in [5.74, 6) is 0. The van der Waals surface area contributed by atoms with Crippen molar-refractivity contribution in [1.82, 2.24) is 0 Å². The standard InChI is InChI=1S/C22H30O5/c1-5-17-13(9-23-17)21(14-10-24-18(14)6-2)27-22(15-11-25-19(15)7-3)16-12-26-20(16)8-4/h9-12,17-22H,5-8H2,1-4H3. The summed E-state index contributed by atoms with van der Waals surface area (Å²) in [4.78, 5) is 0. The second kappa shape index (κ2) is 7.63. The number of hydrogen-bond donors (Lipinski definition) is 0. The molecule has 0 fully saturated rings. The van der Waals surface area contributed by atoms with Crippen molar-refractivity contribution < 1.29 is 23.7 Å². The molecule has 4 aliphatic heterocycles. The van der Waals surface area contributed by atoms with E-state index in [0.29, 0.717) is 0 Å². The zero-order valence-corrected chi connectivity index (χ0v) is 16.6. The van der Waals surface area contributed by atoms with Gasteiger partial charge in [0.1, 0.15) is 36.6 Å². The lowest BCUT2D eigenvalue weighted by atomic mass is 9.86. The minimum absolute atomic E-state index is 0.120. The molecule has 27 heavy (non-hydrogen) atoms. The van der Waals surface area contributed by atoms with Gasteiger partial charge in [-0.3, -0.25) is 0 Å². The third-order valence-corrected chi connectivity index (χ3v) is 5.93. The van der Waals surface area contributed by atoms with Crippen LogP contribution in [0.4, 0.5) is 0 Å². The predicted octanol–water partition coefficient (Wildman–Crippen LogP) is 4.51. The van der Waals surface area contributed by atoms with Crippen LogP contribution in [0.25, 0.3) is 0 Å². The van der Waals surface area contributed by atoms with Crippen LogP contribution in [-0.2, 0) is 23.7 Å². The van der Waals surface area contributed by atoms with Gasteiger partial charge in [0.05, 0.1) is 25.0 Å². The van der Waals surface area contributed by atoms with Gasteiger partial charge in [-0.15, -0.1) is 0 Å². The largest absolute Gasteiger partial charge is 0.493 e. The molecule has 4 rings (SSSR count). The molecule has 148 valence electrons. The van der Waals surface area contributed by atoms with E-state index < -0.39 is 0 Å². The Morgan fingerprint density at radius 2 is 0.852 bits per heavy atom. The summed E-state index contributed by atoms with van der Waals surface area (Å²) in [7, 11) is 0. The summed E-state index contributed by atoms with van der Waals surface area (Å²) >= 11 is 0. The maximum atomic E-state index is 6.80. The van der Waals surface area contributed by atoms with Gasteiger partial charge in [-0.2, -0.15) is 0 Å². The van der Waals surface area contributed by atoms with Crippen LogP contribution in [0.15, 0.2) is 47.3 Å². The second-order valence-electron chi connectivity index (χ2n) is 7.50. The fourth-order valence-electron chi connectivity index (χ4n) is 4.06. The van der Waals surface area contributed by atoms with Crippen LogP contribution >= 0.6 is 0 Å². The van der Waals surface area contributed by atoms with Crippen molar-refractivity contribution in [1.29, 1.82) is 0 Å². The SMILES string of the molecule is CCC1OC=C1C(OC(C1=COC1CC)C1=COC1CC)C1=COC1CC. The first-order valence-electron chi connectivity index (χ1n) is 10.3. The van der Waals surface area contributed by atoms with Crippen LogP contribution in [0, 0.1) is 0 Å². The monoisotopic (exact) mass is 374 g/mol. The highest BCUT2D eigenvalue weighted by atomic mass is 16.5. The quantitative estimate of drug-likeness (QED) is 0.563. The van der Waals surface area contributed by atoms with Gasteiger partial charge in [0.25, 0.3) is 0 Å². The Morgan fingerprint density at radius 3 is 1.00 bits per heavy atom. The average Bonchev–Trinajstić information content (AvgIpc) is 2.52. The maximum Gasteiger partial charge on any atom is 0.125 e. The summed E-state index contributed by atoms with van der Waals surface area (Å²) in [6.07, 6.45) is 11.4. The van der Waals surface area contributed by atoms with E-state index >= 15 is 0 Å². The molecular formula is C22H30O5. The lowest BCUT2D eigenvalue weighted by Gasteiger charge is -2.44. The molecular weight excluding hydrogens is 344 g/mol. The normalized spacial score (nSPS) is 32.7. The molecule has 0 aromatic carbocycles. The van der Waals surface area contributed by atoms with E-state index in [1.807, 2.05) is 25.0 Å².